The summed E-state index contributed by atoms with van der Waals surface area (Å²) in [5, 5.41) is 6.46. The van der Waals surface area contributed by atoms with E-state index in [1.54, 1.807) is 0 Å². The van der Waals surface area contributed by atoms with Crippen LogP contribution in [0, 0.1) is 0 Å². The molecule has 2 aromatic carbocycles. The topological polar surface area (TPSA) is 36.9 Å². The Labute approximate surface area is 169 Å². The van der Waals surface area contributed by atoms with Crippen LogP contribution in [0.15, 0.2) is 67.0 Å². The highest BCUT2D eigenvalue weighted by Gasteiger charge is 2.31. The van der Waals surface area contributed by atoms with Crippen molar-refractivity contribution in [3.63, 3.8) is 0 Å². The van der Waals surface area contributed by atoms with E-state index >= 15 is 0 Å². The van der Waals surface area contributed by atoms with Gasteiger partial charge in [-0.3, -0.25) is 9.58 Å². The molecule has 5 rings (SSSR count). The molecule has 5 heteroatoms. The zero-order valence-electron chi connectivity index (χ0n) is 15.7. The molecule has 1 atom stereocenters. The molecule has 0 spiro atoms. The van der Waals surface area contributed by atoms with Crippen LogP contribution < -0.4 is 0 Å². The molecule has 0 bridgehead atoms. The highest BCUT2D eigenvalue weighted by Crippen LogP contribution is 2.38. The van der Waals surface area contributed by atoms with Gasteiger partial charge in [-0.1, -0.05) is 41.9 Å². The molecule has 0 amide bonds. The summed E-state index contributed by atoms with van der Waals surface area (Å²) in [5.41, 5.74) is 5.23. The van der Waals surface area contributed by atoms with Gasteiger partial charge in [0, 0.05) is 53.6 Å². The fourth-order valence-electron chi connectivity index (χ4n) is 4.45. The standard InChI is InChI=1S/C23H23ClN4/c24-18-7-3-6-17(16-18)23-22-20(19-8-1-2-9-21(19)26-22)10-15-27(23)12-5-14-28-13-4-11-25-28/h1-4,6-9,11,13,16,23,26H,5,10,12,14-15H2/t23-/m1/s1. The van der Waals surface area contributed by atoms with Crippen LogP contribution in [0.1, 0.15) is 29.3 Å². The summed E-state index contributed by atoms with van der Waals surface area (Å²) in [6, 6.07) is 19.1. The Bertz CT molecular complexity index is 1080. The molecule has 0 fully saturated rings. The van der Waals surface area contributed by atoms with E-state index in [1.807, 2.05) is 29.2 Å². The van der Waals surface area contributed by atoms with Crippen molar-refractivity contribution in [1.29, 1.82) is 0 Å². The molecule has 4 nitrogen and oxygen atoms in total. The van der Waals surface area contributed by atoms with Crippen molar-refractivity contribution in [3.8, 4) is 0 Å². The van der Waals surface area contributed by atoms with Gasteiger partial charge in [-0.2, -0.15) is 5.10 Å². The molecular weight excluding hydrogens is 368 g/mol. The molecule has 0 radical (unpaired) electrons. The van der Waals surface area contributed by atoms with Gasteiger partial charge >= 0.3 is 0 Å². The molecule has 2 aromatic heterocycles. The van der Waals surface area contributed by atoms with Gasteiger partial charge in [0.15, 0.2) is 0 Å². The van der Waals surface area contributed by atoms with Crippen molar-refractivity contribution in [2.75, 3.05) is 13.1 Å². The van der Waals surface area contributed by atoms with Crippen molar-refractivity contribution < 1.29 is 0 Å². The van der Waals surface area contributed by atoms with E-state index in [2.05, 4.69) is 57.4 Å². The number of aromatic amines is 1. The van der Waals surface area contributed by atoms with E-state index in [9.17, 15) is 0 Å². The minimum absolute atomic E-state index is 0.201. The number of hydrogen-bond donors (Lipinski definition) is 1. The van der Waals surface area contributed by atoms with Crippen LogP contribution in [0.5, 0.6) is 0 Å². The highest BCUT2D eigenvalue weighted by molar-refractivity contribution is 6.30. The van der Waals surface area contributed by atoms with Gasteiger partial charge in [-0.15, -0.1) is 0 Å². The number of fused-ring (bicyclic) bond motifs is 3. The average molecular weight is 391 g/mol. The molecule has 1 aliphatic rings. The lowest BCUT2D eigenvalue weighted by Gasteiger charge is -2.36. The minimum Gasteiger partial charge on any atom is -0.357 e. The predicted molar refractivity (Wildman–Crippen MR) is 114 cm³/mol. The van der Waals surface area contributed by atoms with Gasteiger partial charge < -0.3 is 4.98 Å². The number of benzene rings is 2. The summed E-state index contributed by atoms with van der Waals surface area (Å²) in [7, 11) is 0. The molecule has 4 aromatic rings. The second-order valence-corrected chi connectivity index (χ2v) is 7.87. The maximum atomic E-state index is 6.35. The lowest BCUT2D eigenvalue weighted by Crippen LogP contribution is -2.37. The van der Waals surface area contributed by atoms with E-state index in [4.69, 9.17) is 11.6 Å². The normalized spacial score (nSPS) is 17.1. The fourth-order valence-corrected chi connectivity index (χ4v) is 4.65. The van der Waals surface area contributed by atoms with Crippen molar-refractivity contribution in [3.05, 3.63) is 88.8 Å². The van der Waals surface area contributed by atoms with Gasteiger partial charge in [0.25, 0.3) is 0 Å². The maximum Gasteiger partial charge on any atom is 0.0757 e. The van der Waals surface area contributed by atoms with Gasteiger partial charge in [0.05, 0.1) is 6.04 Å². The number of H-pyrrole nitrogens is 1. The molecule has 0 saturated carbocycles. The van der Waals surface area contributed by atoms with Crippen molar-refractivity contribution in [1.82, 2.24) is 19.7 Å². The Kier molecular flexibility index (Phi) is 4.67. The quantitative estimate of drug-likeness (QED) is 0.517. The van der Waals surface area contributed by atoms with Crippen LogP contribution in [0.25, 0.3) is 10.9 Å². The lowest BCUT2D eigenvalue weighted by atomic mass is 9.92. The van der Waals surface area contributed by atoms with Crippen molar-refractivity contribution in [2.45, 2.75) is 25.4 Å². The third-order valence-corrected chi connectivity index (χ3v) is 5.93. The van der Waals surface area contributed by atoms with Crippen LogP contribution in [-0.2, 0) is 13.0 Å². The Hall–Kier alpha value is -2.56. The Balaban J connectivity index is 1.50. The van der Waals surface area contributed by atoms with Crippen molar-refractivity contribution in [2.24, 2.45) is 0 Å². The van der Waals surface area contributed by atoms with E-state index in [0.717, 1.165) is 37.5 Å². The second kappa shape index (κ2) is 7.46. The third kappa shape index (κ3) is 3.23. The van der Waals surface area contributed by atoms with Crippen LogP contribution in [0.3, 0.4) is 0 Å². The minimum atomic E-state index is 0.201. The number of nitrogens with one attached hydrogen (secondary N) is 1. The number of rotatable bonds is 5. The average Bonchev–Trinajstić information content (AvgIpc) is 3.35. The van der Waals surface area contributed by atoms with Crippen molar-refractivity contribution >= 4 is 22.5 Å². The molecule has 0 aliphatic carbocycles. The summed E-state index contributed by atoms with van der Waals surface area (Å²) in [4.78, 5) is 6.29. The fraction of sp³-hybridized carbons (Fsp3) is 0.261. The number of para-hydroxylation sites is 1. The molecule has 1 aliphatic heterocycles. The smallest absolute Gasteiger partial charge is 0.0757 e. The molecular formula is C23H23ClN4. The lowest BCUT2D eigenvalue weighted by molar-refractivity contribution is 0.204. The molecule has 28 heavy (non-hydrogen) atoms. The first-order valence-corrected chi connectivity index (χ1v) is 10.2. The summed E-state index contributed by atoms with van der Waals surface area (Å²) < 4.78 is 2.01. The van der Waals surface area contributed by atoms with E-state index in [1.165, 1.54) is 27.7 Å². The Morgan fingerprint density at radius 3 is 2.86 bits per heavy atom. The SMILES string of the molecule is Clc1cccc([C@@H]2c3[nH]c4ccccc4c3CCN2CCCn2cccn2)c1. The van der Waals surface area contributed by atoms with E-state index in [0.29, 0.717) is 0 Å². The number of nitrogens with zero attached hydrogens (tertiary/aromatic N) is 3. The van der Waals surface area contributed by atoms with Gasteiger partial charge in [-0.05, 0) is 48.2 Å². The number of aromatic nitrogens is 3. The summed E-state index contributed by atoms with van der Waals surface area (Å²) in [6.45, 7) is 3.00. The number of halogens is 1. The summed E-state index contributed by atoms with van der Waals surface area (Å²) in [6.07, 6.45) is 6.00. The second-order valence-electron chi connectivity index (χ2n) is 7.43. The zero-order chi connectivity index (χ0) is 18.9. The molecule has 0 saturated heterocycles. The number of aryl methyl sites for hydroxylation is 1. The van der Waals surface area contributed by atoms with E-state index < -0.39 is 0 Å². The first-order valence-electron chi connectivity index (χ1n) is 9.86. The van der Waals surface area contributed by atoms with E-state index in [-0.39, 0.29) is 6.04 Å². The maximum absolute atomic E-state index is 6.35. The third-order valence-electron chi connectivity index (χ3n) is 5.69. The zero-order valence-corrected chi connectivity index (χ0v) is 16.4. The van der Waals surface area contributed by atoms with Gasteiger partial charge in [-0.25, -0.2) is 0 Å². The Morgan fingerprint density at radius 2 is 2.00 bits per heavy atom. The van der Waals surface area contributed by atoms with Gasteiger partial charge in [0.1, 0.15) is 0 Å². The first kappa shape index (κ1) is 17.5. The molecule has 0 unspecified atom stereocenters. The van der Waals surface area contributed by atoms with Crippen LogP contribution in [-0.4, -0.2) is 32.8 Å². The van der Waals surface area contributed by atoms with Crippen LogP contribution >= 0.6 is 11.6 Å². The van der Waals surface area contributed by atoms with Crippen LogP contribution in [0.4, 0.5) is 0 Å². The summed E-state index contributed by atoms with van der Waals surface area (Å²) >= 11 is 6.35. The Morgan fingerprint density at radius 1 is 1.07 bits per heavy atom. The first-order chi connectivity index (χ1) is 13.8. The predicted octanol–water partition coefficient (Wildman–Crippen LogP) is 5.06. The highest BCUT2D eigenvalue weighted by atomic mass is 35.5. The molecule has 3 heterocycles. The largest absolute Gasteiger partial charge is 0.357 e. The van der Waals surface area contributed by atoms with Crippen LogP contribution in [0.2, 0.25) is 5.02 Å². The monoisotopic (exact) mass is 390 g/mol. The number of hydrogen-bond acceptors (Lipinski definition) is 2. The van der Waals surface area contributed by atoms with Gasteiger partial charge in [0.2, 0.25) is 0 Å². The molecule has 1 N–H and O–H groups in total. The summed E-state index contributed by atoms with van der Waals surface area (Å²) in [5.74, 6) is 0. The molecule has 142 valence electrons.